The number of nitrogens with zero attached hydrogens (tertiary/aromatic N) is 4. The Morgan fingerprint density at radius 2 is 0.533 bits per heavy atom. The monoisotopic (exact) mass is 1410 g/mol. The van der Waals surface area contributed by atoms with Crippen molar-refractivity contribution in [2.24, 2.45) is 0 Å². The fourth-order valence-corrected chi connectivity index (χ4v) is 15.6. The molecule has 0 radical (unpaired) electrons. The molecular weight excluding hydrogens is 1290 g/mol. The molecule has 4 heterocycles. The quantitative estimate of drug-likeness (QED) is 0.141. The molecule has 2 aliphatic heterocycles. The first-order valence-corrected chi connectivity index (χ1v) is 36.9. The van der Waals surface area contributed by atoms with E-state index < -0.39 is 206 Å². The van der Waals surface area contributed by atoms with Crippen LogP contribution in [0.25, 0.3) is 99.5 Å². The van der Waals surface area contributed by atoms with E-state index in [9.17, 15) is 24.7 Å². The molecule has 0 unspecified atom stereocenters. The summed E-state index contributed by atoms with van der Waals surface area (Å²) in [5.41, 5.74) is 6.19. The molecule has 4 nitrogen and oxygen atoms in total. The Bertz CT molecular complexity index is 6740. The highest BCUT2D eigenvalue weighted by Crippen LogP contribution is 2.56. The summed E-state index contributed by atoms with van der Waals surface area (Å²) >= 11 is 0. The molecule has 0 saturated carbocycles. The number of anilines is 6. The maximum Gasteiger partial charge on any atom is 0.252 e. The predicted octanol–water partition coefficient (Wildman–Crippen LogP) is 26.4. The minimum atomic E-state index is -1.65. The van der Waals surface area contributed by atoms with Gasteiger partial charge in [0.1, 0.15) is 0 Å². The second-order valence-corrected chi connectivity index (χ2v) is 35.0. The van der Waals surface area contributed by atoms with Gasteiger partial charge in [-0.05, 0) is 189 Å². The third kappa shape index (κ3) is 11.7. The first-order valence-electron chi connectivity index (χ1n) is 47.9. The van der Waals surface area contributed by atoms with Crippen molar-refractivity contribution in [3.63, 3.8) is 0 Å². The summed E-state index contributed by atoms with van der Waals surface area (Å²) in [5, 5.41) is -1.39. The summed E-state index contributed by atoms with van der Waals surface area (Å²) in [6.07, 6.45) is 0. The van der Waals surface area contributed by atoms with Crippen LogP contribution in [0.4, 0.5) is 34.1 Å². The van der Waals surface area contributed by atoms with Crippen molar-refractivity contribution in [2.45, 2.75) is 157 Å². The second kappa shape index (κ2) is 24.9. The Labute approximate surface area is 666 Å². The lowest BCUT2D eigenvalue weighted by Gasteiger charge is -2.46. The van der Waals surface area contributed by atoms with E-state index in [0.29, 0.717) is 72.7 Å². The van der Waals surface area contributed by atoms with Crippen LogP contribution in [-0.2, 0) is 32.5 Å². The molecule has 0 fully saturated rings. The molecule has 0 saturated heterocycles. The van der Waals surface area contributed by atoms with Gasteiger partial charge in [0.05, 0.1) is 63.6 Å². The Balaban J connectivity index is 1.17. The number of hydrogen-bond donors (Lipinski definition) is 0. The molecule has 15 aromatic rings. The summed E-state index contributed by atoms with van der Waals surface area (Å²) in [4.78, 5) is 3.81. The normalized spacial score (nSPS) is 16.3. The van der Waals surface area contributed by atoms with E-state index in [0.717, 1.165) is 42.5 Å². The van der Waals surface area contributed by atoms with Gasteiger partial charge in [0, 0.05) is 77.9 Å². The molecule has 107 heavy (non-hydrogen) atoms. The van der Waals surface area contributed by atoms with Crippen molar-refractivity contribution in [1.29, 1.82) is 0 Å². The number of aromatic nitrogens is 2. The van der Waals surface area contributed by atoms with E-state index in [2.05, 4.69) is 197 Å². The molecule has 530 valence electrons. The van der Waals surface area contributed by atoms with E-state index in [4.69, 9.17) is 5.48 Å². The molecule has 0 aliphatic carbocycles. The molecular formula is C102H99BN4. The topological polar surface area (TPSA) is 16.3 Å². The van der Waals surface area contributed by atoms with E-state index in [-0.39, 0.29) is 43.8 Å². The summed E-state index contributed by atoms with van der Waals surface area (Å²) < 4.78 is 224. The van der Waals surface area contributed by atoms with Crippen LogP contribution in [0.2, 0.25) is 0 Å². The molecule has 17 rings (SSSR count). The highest BCUT2D eigenvalue weighted by atomic mass is 15.2. The van der Waals surface area contributed by atoms with Gasteiger partial charge in [-0.25, -0.2) is 0 Å². The smallest absolute Gasteiger partial charge is 0.252 e. The van der Waals surface area contributed by atoms with Crippen molar-refractivity contribution in [1.82, 2.24) is 9.13 Å². The average molecular weight is 1410 g/mol. The number of para-hydroxylation sites is 4. The van der Waals surface area contributed by atoms with Crippen LogP contribution in [0.15, 0.2) is 272 Å². The van der Waals surface area contributed by atoms with Crippen molar-refractivity contribution in [3.05, 3.63) is 306 Å². The summed E-state index contributed by atoms with van der Waals surface area (Å²) in [7, 11) is 0. The summed E-state index contributed by atoms with van der Waals surface area (Å²) in [6, 6.07) is 31.2. The van der Waals surface area contributed by atoms with Crippen molar-refractivity contribution >= 4 is 101 Å². The molecule has 0 N–H and O–H groups in total. The van der Waals surface area contributed by atoms with Gasteiger partial charge in [-0.3, -0.25) is 0 Å². The fraction of sp³-hybridized carbons (Fsp3) is 0.235. The Kier molecular flexibility index (Phi) is 11.2. The zero-order valence-electron chi connectivity index (χ0n) is 86.1. The Hall–Kier alpha value is -10.9. The van der Waals surface area contributed by atoms with Crippen LogP contribution in [0.3, 0.4) is 0 Å². The zero-order valence-corrected chi connectivity index (χ0v) is 64.1. The van der Waals surface area contributed by atoms with Gasteiger partial charge in [-0.1, -0.05) is 312 Å². The zero-order chi connectivity index (χ0) is 93.9. The number of fused-ring (bicyclic) bond motifs is 10. The molecule has 13 aromatic carbocycles. The lowest BCUT2D eigenvalue weighted by Crippen LogP contribution is -2.61. The van der Waals surface area contributed by atoms with Crippen molar-refractivity contribution in [2.75, 3.05) is 9.80 Å². The van der Waals surface area contributed by atoms with Gasteiger partial charge in [-0.15, -0.1) is 0 Å². The van der Waals surface area contributed by atoms with Crippen LogP contribution >= 0.6 is 0 Å². The highest BCUT2D eigenvalue weighted by molar-refractivity contribution is 7.00. The molecule has 0 amide bonds. The van der Waals surface area contributed by atoms with Gasteiger partial charge in [-0.2, -0.15) is 0 Å². The fourth-order valence-electron chi connectivity index (χ4n) is 15.6. The maximum absolute atomic E-state index is 11.9. The van der Waals surface area contributed by atoms with E-state index >= 15 is 0 Å². The Morgan fingerprint density at radius 3 is 0.804 bits per heavy atom. The SMILES string of the molecule is [2H]c1c([2H])c(-n2c3c([2H])c([2H])c([2H])c([2H])c3c3c([2H])c([2H])c([2H])c([2H])c32)c([2H])c2c1B1c3c(cccc3N(c3c(-c4cccc(C(C)(C)C)c4)cc(C(C)(C)C)cc3-c3cccc(C(C)(C)C)c3)c3c([2H])c(-n4c5c([2H])c([2H])c([2H])c([2H])c5c5c([2H])c([2H])c([2H])c([2H])c54)c([2H])c([2H])c31)N2c1c(-c2cccc(C(C)(C)C)c2)cc(C(C)(C)C)cc1-c1cccc(C(C)(C)C)c1. The molecule has 2 aliphatic rings. The van der Waals surface area contributed by atoms with Crippen LogP contribution in [0.5, 0.6) is 0 Å². The highest BCUT2D eigenvalue weighted by Gasteiger charge is 2.46. The minimum absolute atomic E-state index is 0.151. The van der Waals surface area contributed by atoms with Crippen molar-refractivity contribution in [3.8, 4) is 55.9 Å². The van der Waals surface area contributed by atoms with E-state index in [1.807, 2.05) is 76.5 Å². The second-order valence-electron chi connectivity index (χ2n) is 35.0. The third-order valence-electron chi connectivity index (χ3n) is 21.5. The van der Waals surface area contributed by atoms with Crippen LogP contribution in [0, 0.1) is 0 Å². The summed E-state index contributed by atoms with van der Waals surface area (Å²) in [5.74, 6) is 0. The van der Waals surface area contributed by atoms with Gasteiger partial charge in [0.15, 0.2) is 0 Å². The largest absolute Gasteiger partial charge is 0.310 e. The standard InChI is InChI=1S/C102H99BN4/c1-97(2,3)68-36-27-32-64(54-68)80-58-72(101(13,14)15)59-81(65-33-28-37-69(55-65)98(4,5)6)95(80)106-90-48-31-49-91-94(90)103(84-52-50-74(62-92(84)106)104-86-44-23-19-40-76(86)77-41-20-24-45-87(77)104)85-53-51-75(105-88-46-25-21-42-78(88)79-43-22-26-47-89(79)105)63-93(85)107(91)96-82(66-34-29-38-70(56-66)99(7,8)9)60-73(102(16,17)18)61-83(96)67-35-30-39-71(57-67)100(10,11)12/h19-63H,1-18H3/i19D,20D,21D,22D,23D,24D,25D,26D,40D,41D,42D,43D,44D,45D,46D,47D,50D,51D,52D,53D,62D,63D. The van der Waals surface area contributed by atoms with Gasteiger partial charge in [0.2, 0.25) is 0 Å². The van der Waals surface area contributed by atoms with Gasteiger partial charge in [0.25, 0.3) is 6.71 Å². The molecule has 5 heteroatoms. The van der Waals surface area contributed by atoms with Crippen LogP contribution in [-0.4, -0.2) is 15.8 Å². The number of hydrogen-bond acceptors (Lipinski definition) is 2. The molecule has 0 spiro atoms. The van der Waals surface area contributed by atoms with Crippen LogP contribution in [0.1, 0.15) is 188 Å². The number of benzene rings is 13. The third-order valence-corrected chi connectivity index (χ3v) is 21.5. The summed E-state index contributed by atoms with van der Waals surface area (Å²) in [6.45, 7) is 36.5. The average Bonchev–Trinajstić information content (AvgIpc) is 0.929. The molecule has 2 aromatic heterocycles. The van der Waals surface area contributed by atoms with Gasteiger partial charge >= 0.3 is 0 Å². The van der Waals surface area contributed by atoms with Crippen LogP contribution < -0.4 is 26.2 Å². The molecule has 0 bridgehead atoms. The number of rotatable bonds is 8. The first kappa shape index (κ1) is 48.4. The van der Waals surface area contributed by atoms with E-state index in [1.54, 1.807) is 0 Å². The van der Waals surface area contributed by atoms with Gasteiger partial charge < -0.3 is 18.9 Å². The maximum atomic E-state index is 11.9. The Morgan fingerprint density at radius 1 is 0.271 bits per heavy atom. The lowest BCUT2D eigenvalue weighted by atomic mass is 9.33. The van der Waals surface area contributed by atoms with E-state index in [1.165, 1.54) is 0 Å². The first-order chi connectivity index (χ1) is 60.0. The molecule has 0 atom stereocenters. The van der Waals surface area contributed by atoms with Crippen molar-refractivity contribution < 1.29 is 30.2 Å². The predicted molar refractivity (Wildman–Crippen MR) is 463 cm³/mol. The lowest BCUT2D eigenvalue weighted by molar-refractivity contribution is 0.589. The minimum Gasteiger partial charge on any atom is -0.310 e.